The first-order valence-corrected chi connectivity index (χ1v) is 12.6. The van der Waals surface area contributed by atoms with Gasteiger partial charge in [0.1, 0.15) is 11.8 Å². The second-order valence-electron chi connectivity index (χ2n) is 9.11. The first-order valence-electron chi connectivity index (χ1n) is 11.8. The van der Waals surface area contributed by atoms with Crippen LogP contribution >= 0.6 is 23.8 Å². The monoisotopic (exact) mass is 539 g/mol. The van der Waals surface area contributed by atoms with Crippen molar-refractivity contribution in [3.63, 3.8) is 0 Å². The summed E-state index contributed by atoms with van der Waals surface area (Å²) in [5.41, 5.74) is 2.63. The van der Waals surface area contributed by atoms with Gasteiger partial charge in [-0.25, -0.2) is 9.36 Å². The van der Waals surface area contributed by atoms with Crippen LogP contribution in [0.5, 0.6) is 17.4 Å². The van der Waals surface area contributed by atoms with Crippen molar-refractivity contribution in [2.24, 2.45) is 0 Å². The minimum Gasteiger partial charge on any atom is -0.493 e. The number of benzene rings is 2. The lowest BCUT2D eigenvalue weighted by Gasteiger charge is -2.30. The molecule has 1 unspecified atom stereocenters. The first-order chi connectivity index (χ1) is 17.8. The zero-order chi connectivity index (χ0) is 26.4. The second kappa shape index (κ2) is 9.65. The van der Waals surface area contributed by atoms with Crippen LogP contribution in [0.3, 0.4) is 0 Å². The van der Waals surface area contributed by atoms with Crippen LogP contribution < -0.4 is 20.5 Å². The quantitative estimate of drug-likeness (QED) is 0.458. The maximum atomic E-state index is 13.4. The number of ether oxygens (including phenoxy) is 2. The van der Waals surface area contributed by atoms with E-state index in [2.05, 4.69) is 5.32 Å². The highest BCUT2D eigenvalue weighted by atomic mass is 35.5. The summed E-state index contributed by atoms with van der Waals surface area (Å²) in [4.78, 5) is 15.4. The fourth-order valence-corrected chi connectivity index (χ4v) is 5.85. The van der Waals surface area contributed by atoms with Crippen molar-refractivity contribution in [3.05, 3.63) is 68.2 Å². The van der Waals surface area contributed by atoms with Gasteiger partial charge in [-0.3, -0.25) is 4.57 Å². The van der Waals surface area contributed by atoms with Crippen molar-refractivity contribution in [2.75, 3.05) is 27.3 Å². The van der Waals surface area contributed by atoms with Crippen LogP contribution in [0.4, 0.5) is 0 Å². The molecule has 2 aromatic carbocycles. The molecule has 11 heteroatoms. The zero-order valence-corrected chi connectivity index (χ0v) is 22.2. The average Bonchev–Trinajstić information content (AvgIpc) is 3.57. The maximum absolute atomic E-state index is 13.4. The van der Waals surface area contributed by atoms with E-state index in [1.807, 2.05) is 29.2 Å². The predicted octanol–water partition coefficient (Wildman–Crippen LogP) is 3.61. The number of aromatic hydroxyl groups is 1. The highest BCUT2D eigenvalue weighted by Crippen LogP contribution is 2.48. The molecule has 1 fully saturated rings. The van der Waals surface area contributed by atoms with E-state index in [9.17, 15) is 15.2 Å². The third-order valence-electron chi connectivity index (χ3n) is 7.18. The molecule has 1 aromatic heterocycles. The van der Waals surface area contributed by atoms with Gasteiger partial charge in [-0.05, 0) is 67.4 Å². The van der Waals surface area contributed by atoms with Crippen molar-refractivity contribution in [1.29, 1.82) is 5.26 Å². The van der Waals surface area contributed by atoms with Crippen LogP contribution in [0.2, 0.25) is 5.02 Å². The molecule has 2 N–H and O–H groups in total. The normalized spacial score (nSPS) is 17.4. The van der Waals surface area contributed by atoms with Gasteiger partial charge in [0.05, 0.1) is 42.6 Å². The van der Waals surface area contributed by atoms with E-state index < -0.39 is 0 Å². The molecule has 3 heterocycles. The summed E-state index contributed by atoms with van der Waals surface area (Å²) in [5.74, 6) is 1.23. The SMILES string of the molecule is COc1ccc(CCNC(=S)N2C[C@H]3CC2c2c(O)n(-c4ccc(C#N)c(Cl)c4C)c(=O)n23)cc1OC. The van der Waals surface area contributed by atoms with Gasteiger partial charge in [-0.1, -0.05) is 17.7 Å². The summed E-state index contributed by atoms with van der Waals surface area (Å²) >= 11 is 12.0. The fraction of sp³-hybridized carbons (Fsp3) is 0.346. The number of hydrogen-bond acceptors (Lipinski definition) is 6. The lowest BCUT2D eigenvalue weighted by molar-refractivity contribution is 0.333. The Hall–Kier alpha value is -3.68. The molecule has 0 amide bonds. The van der Waals surface area contributed by atoms with Crippen molar-refractivity contribution < 1.29 is 14.6 Å². The van der Waals surface area contributed by atoms with Gasteiger partial charge in [0.25, 0.3) is 0 Å². The van der Waals surface area contributed by atoms with E-state index in [1.165, 1.54) is 4.57 Å². The summed E-state index contributed by atoms with van der Waals surface area (Å²) < 4.78 is 13.6. The van der Waals surface area contributed by atoms with E-state index in [1.54, 1.807) is 37.8 Å². The van der Waals surface area contributed by atoms with Crippen molar-refractivity contribution in [2.45, 2.75) is 31.8 Å². The average molecular weight is 540 g/mol. The Morgan fingerprint density at radius 2 is 2.03 bits per heavy atom. The summed E-state index contributed by atoms with van der Waals surface area (Å²) in [6, 6.07) is 10.7. The Labute approximate surface area is 224 Å². The molecule has 9 nitrogen and oxygen atoms in total. The topological polar surface area (TPSA) is 105 Å². The van der Waals surface area contributed by atoms with E-state index >= 15 is 0 Å². The number of nitrogens with one attached hydrogen (secondary N) is 1. The Bertz CT molecular complexity index is 1510. The van der Waals surface area contributed by atoms with E-state index in [-0.39, 0.29) is 28.7 Å². The van der Waals surface area contributed by atoms with Crippen molar-refractivity contribution in [1.82, 2.24) is 19.4 Å². The lowest BCUT2D eigenvalue weighted by atomic mass is 10.1. The number of halogens is 1. The minimum atomic E-state index is -0.323. The molecular formula is C26H26ClN5O4S. The number of nitrogens with zero attached hydrogens (tertiary/aromatic N) is 4. The third kappa shape index (κ3) is 3.99. The van der Waals surface area contributed by atoms with Crippen LogP contribution in [0, 0.1) is 18.3 Å². The van der Waals surface area contributed by atoms with Crippen LogP contribution in [-0.2, 0) is 6.42 Å². The summed E-state index contributed by atoms with van der Waals surface area (Å²) in [6.07, 6.45) is 1.43. The summed E-state index contributed by atoms with van der Waals surface area (Å²) in [7, 11) is 3.21. The molecule has 2 aliphatic rings. The Kier molecular flexibility index (Phi) is 6.52. The number of likely N-dealkylation sites (tertiary alicyclic amines) is 1. The third-order valence-corrected chi connectivity index (χ3v) is 8.04. The van der Waals surface area contributed by atoms with Gasteiger partial charge in [-0.2, -0.15) is 5.26 Å². The minimum absolute atomic E-state index is 0.0978. The van der Waals surface area contributed by atoms with Crippen LogP contribution in [0.15, 0.2) is 35.1 Å². The van der Waals surface area contributed by atoms with Gasteiger partial charge in [-0.15, -0.1) is 0 Å². The van der Waals surface area contributed by atoms with Crippen molar-refractivity contribution in [3.8, 4) is 29.1 Å². The molecule has 0 saturated carbocycles. The Morgan fingerprint density at radius 1 is 1.27 bits per heavy atom. The summed E-state index contributed by atoms with van der Waals surface area (Å²) in [5, 5.41) is 24.6. The fourth-order valence-electron chi connectivity index (χ4n) is 5.34. The first kappa shape index (κ1) is 25.0. The molecular weight excluding hydrogens is 514 g/mol. The number of fused-ring (bicyclic) bond motifs is 5. The number of hydrogen-bond donors (Lipinski definition) is 2. The zero-order valence-electron chi connectivity index (χ0n) is 20.6. The number of imidazole rings is 1. The number of rotatable bonds is 6. The van der Waals surface area contributed by atoms with Crippen LogP contribution in [0.1, 0.15) is 40.9 Å². The smallest absolute Gasteiger partial charge is 0.336 e. The van der Waals surface area contributed by atoms with Gasteiger partial charge in [0, 0.05) is 13.1 Å². The molecule has 2 aliphatic heterocycles. The number of thiocarbonyl (C=S) groups is 1. The van der Waals surface area contributed by atoms with Crippen molar-refractivity contribution >= 4 is 28.9 Å². The van der Waals surface area contributed by atoms with Gasteiger partial charge < -0.3 is 24.8 Å². The maximum Gasteiger partial charge on any atom is 0.336 e. The molecule has 0 spiro atoms. The molecule has 192 valence electrons. The number of methoxy groups -OCH3 is 2. The molecule has 2 bridgehead atoms. The van der Waals surface area contributed by atoms with E-state index in [4.69, 9.17) is 33.3 Å². The number of nitriles is 1. The van der Waals surface area contributed by atoms with E-state index in [0.717, 1.165) is 12.0 Å². The molecule has 37 heavy (non-hydrogen) atoms. The number of aromatic nitrogens is 2. The standard InChI is InChI=1S/C26H26ClN5O4S/c1-14-18(6-5-16(12-28)22(14)27)32-24(33)23-19-11-17(31(23)26(32)34)13-30(19)25(37)29-9-8-15-4-7-20(35-2)21(10-15)36-3/h4-7,10,17,19,33H,8-9,11,13H2,1-3H3,(H,29,37)/t17-,19?/m1/s1. The largest absolute Gasteiger partial charge is 0.493 e. The molecule has 3 aromatic rings. The molecule has 5 rings (SSSR count). The van der Waals surface area contributed by atoms with E-state index in [0.29, 0.717) is 58.6 Å². The molecule has 2 atom stereocenters. The molecule has 1 saturated heterocycles. The highest BCUT2D eigenvalue weighted by molar-refractivity contribution is 7.80. The van der Waals surface area contributed by atoms with Gasteiger partial charge >= 0.3 is 5.69 Å². The lowest BCUT2D eigenvalue weighted by Crippen LogP contribution is -2.43. The van der Waals surface area contributed by atoms with Crippen LogP contribution in [0.25, 0.3) is 5.69 Å². The highest BCUT2D eigenvalue weighted by Gasteiger charge is 2.48. The Morgan fingerprint density at radius 3 is 2.73 bits per heavy atom. The molecule has 0 aliphatic carbocycles. The molecule has 0 radical (unpaired) electrons. The van der Waals surface area contributed by atoms with Crippen LogP contribution in [-0.4, -0.2) is 51.6 Å². The summed E-state index contributed by atoms with van der Waals surface area (Å²) in [6.45, 7) is 2.92. The Balaban J connectivity index is 1.34. The van der Waals surface area contributed by atoms with Gasteiger partial charge in [0.15, 0.2) is 16.6 Å². The van der Waals surface area contributed by atoms with Gasteiger partial charge in [0.2, 0.25) is 5.88 Å². The predicted molar refractivity (Wildman–Crippen MR) is 143 cm³/mol. The second-order valence-corrected chi connectivity index (χ2v) is 9.87.